The Morgan fingerprint density at radius 1 is 1.12 bits per heavy atom. The molecule has 2 aromatic carbocycles. The molecule has 3 aromatic rings. The average molecular weight is 427 g/mol. The lowest BCUT2D eigenvalue weighted by Gasteiger charge is -2.29. The topological polar surface area (TPSA) is 63.0 Å². The molecule has 1 aliphatic heterocycles. The highest BCUT2D eigenvalue weighted by molar-refractivity contribution is 9.10. The first kappa shape index (κ1) is 16.9. The smallest absolute Gasteiger partial charge is 0.258 e. The summed E-state index contributed by atoms with van der Waals surface area (Å²) in [6.45, 7) is 1.96. The van der Waals surface area contributed by atoms with Gasteiger partial charge in [-0.05, 0) is 36.8 Å². The van der Waals surface area contributed by atoms with Gasteiger partial charge in [-0.1, -0.05) is 63.6 Å². The van der Waals surface area contributed by atoms with Crippen LogP contribution in [0.3, 0.4) is 0 Å². The number of halogens is 1. The first-order valence-corrected chi connectivity index (χ1v) is 9.25. The van der Waals surface area contributed by atoms with E-state index in [9.17, 15) is 0 Å². The molecule has 0 spiro atoms. The van der Waals surface area contributed by atoms with Crippen LogP contribution < -0.4 is 10.6 Å². The molecule has 1 aromatic heterocycles. The van der Waals surface area contributed by atoms with Gasteiger partial charge in [0.2, 0.25) is 5.82 Å². The second kappa shape index (κ2) is 7.01. The van der Waals surface area contributed by atoms with Crippen LogP contribution in [0, 0.1) is 0 Å². The Balaban J connectivity index is 1.78. The lowest BCUT2D eigenvalue weighted by Crippen LogP contribution is -2.42. The molecular weight excluding hydrogens is 412 g/mol. The first-order valence-electron chi connectivity index (χ1n) is 8.05. The van der Waals surface area contributed by atoms with E-state index < -0.39 is 0 Å². The minimum absolute atomic E-state index is 0.176. The van der Waals surface area contributed by atoms with E-state index in [0.717, 1.165) is 26.9 Å². The van der Waals surface area contributed by atoms with E-state index >= 15 is 0 Å². The number of allylic oxidation sites excluding steroid dienone is 1. The van der Waals surface area contributed by atoms with E-state index in [0.29, 0.717) is 16.8 Å². The van der Waals surface area contributed by atoms with Crippen molar-refractivity contribution in [2.75, 3.05) is 0 Å². The normalized spacial score (nSPS) is 17.0. The molecular formula is C19H15BrN4OS. The zero-order valence-corrected chi connectivity index (χ0v) is 16.3. The standard InChI is InChI=1S/C19H15BrN4OS/c1-11-15(18-23-17(24-25-18)12-6-3-2-4-7-12)16(22-19(26)21-11)13-8-5-9-14(20)10-13/h2-10,16H,1H3,(H2,21,22,26). The van der Waals surface area contributed by atoms with Gasteiger partial charge in [-0.25, -0.2) is 0 Å². The summed E-state index contributed by atoms with van der Waals surface area (Å²) in [7, 11) is 0. The molecule has 4 rings (SSSR count). The molecule has 130 valence electrons. The molecule has 0 aliphatic carbocycles. The summed E-state index contributed by atoms with van der Waals surface area (Å²) in [6.07, 6.45) is 0. The molecule has 26 heavy (non-hydrogen) atoms. The number of benzene rings is 2. The van der Waals surface area contributed by atoms with E-state index in [1.807, 2.05) is 61.5 Å². The lowest BCUT2D eigenvalue weighted by atomic mass is 9.95. The molecule has 2 heterocycles. The molecule has 1 aliphatic rings. The molecule has 1 atom stereocenters. The number of hydrogen-bond donors (Lipinski definition) is 2. The van der Waals surface area contributed by atoms with Gasteiger partial charge in [0.1, 0.15) is 0 Å². The second-order valence-corrected chi connectivity index (χ2v) is 7.24. The van der Waals surface area contributed by atoms with Crippen molar-refractivity contribution in [2.24, 2.45) is 0 Å². The fourth-order valence-electron chi connectivity index (χ4n) is 2.95. The largest absolute Gasteiger partial charge is 0.351 e. The molecule has 0 radical (unpaired) electrons. The molecule has 0 saturated carbocycles. The van der Waals surface area contributed by atoms with Gasteiger partial charge in [-0.3, -0.25) is 0 Å². The number of hydrogen-bond acceptors (Lipinski definition) is 4. The van der Waals surface area contributed by atoms with Crippen molar-refractivity contribution < 1.29 is 4.52 Å². The minimum atomic E-state index is -0.176. The third-order valence-corrected chi connectivity index (χ3v) is 4.85. The third kappa shape index (κ3) is 3.27. The molecule has 1 unspecified atom stereocenters. The Bertz CT molecular complexity index is 1000. The Labute approximate surface area is 164 Å². The van der Waals surface area contributed by atoms with E-state index in [1.54, 1.807) is 0 Å². The van der Waals surface area contributed by atoms with Crippen LogP contribution in [-0.4, -0.2) is 15.3 Å². The van der Waals surface area contributed by atoms with E-state index in [-0.39, 0.29) is 6.04 Å². The predicted molar refractivity (Wildman–Crippen MR) is 108 cm³/mol. The van der Waals surface area contributed by atoms with Crippen LogP contribution in [0.25, 0.3) is 17.0 Å². The van der Waals surface area contributed by atoms with Gasteiger partial charge in [0.15, 0.2) is 5.11 Å². The van der Waals surface area contributed by atoms with E-state index in [2.05, 4.69) is 36.7 Å². The summed E-state index contributed by atoms with van der Waals surface area (Å²) in [5.74, 6) is 1.02. The molecule has 0 fully saturated rings. The van der Waals surface area contributed by atoms with Crippen molar-refractivity contribution in [3.8, 4) is 11.4 Å². The van der Waals surface area contributed by atoms with Crippen LogP contribution in [0.4, 0.5) is 0 Å². The summed E-state index contributed by atoms with van der Waals surface area (Å²) in [5, 5.41) is 11.2. The van der Waals surface area contributed by atoms with Crippen molar-refractivity contribution in [3.05, 3.63) is 76.2 Å². The molecule has 2 N–H and O–H groups in total. The highest BCUT2D eigenvalue weighted by Crippen LogP contribution is 2.35. The van der Waals surface area contributed by atoms with Crippen molar-refractivity contribution in [2.45, 2.75) is 13.0 Å². The zero-order valence-electron chi connectivity index (χ0n) is 13.9. The van der Waals surface area contributed by atoms with Gasteiger partial charge >= 0.3 is 0 Å². The van der Waals surface area contributed by atoms with Crippen LogP contribution in [0.2, 0.25) is 0 Å². The van der Waals surface area contributed by atoms with Gasteiger partial charge in [0, 0.05) is 15.7 Å². The van der Waals surface area contributed by atoms with Crippen molar-refractivity contribution >= 4 is 38.8 Å². The maximum absolute atomic E-state index is 5.59. The quantitative estimate of drug-likeness (QED) is 0.603. The maximum Gasteiger partial charge on any atom is 0.258 e. The average Bonchev–Trinajstić information content (AvgIpc) is 3.11. The van der Waals surface area contributed by atoms with Crippen LogP contribution in [0.15, 0.2) is 69.3 Å². The number of nitrogens with one attached hydrogen (secondary N) is 2. The predicted octanol–water partition coefficient (Wildman–Crippen LogP) is 4.45. The fraction of sp³-hybridized carbons (Fsp3) is 0.105. The van der Waals surface area contributed by atoms with Crippen molar-refractivity contribution in [1.82, 2.24) is 20.8 Å². The van der Waals surface area contributed by atoms with Crippen LogP contribution in [-0.2, 0) is 0 Å². The fourth-order valence-corrected chi connectivity index (χ4v) is 3.64. The number of nitrogens with zero attached hydrogens (tertiary/aromatic N) is 2. The van der Waals surface area contributed by atoms with Crippen LogP contribution in [0.1, 0.15) is 24.4 Å². The van der Waals surface area contributed by atoms with Crippen molar-refractivity contribution in [1.29, 1.82) is 0 Å². The van der Waals surface area contributed by atoms with Gasteiger partial charge in [0.05, 0.1) is 11.6 Å². The highest BCUT2D eigenvalue weighted by Gasteiger charge is 2.30. The Hall–Kier alpha value is -2.51. The zero-order chi connectivity index (χ0) is 18.1. The second-order valence-electron chi connectivity index (χ2n) is 5.91. The van der Waals surface area contributed by atoms with Crippen LogP contribution in [0.5, 0.6) is 0 Å². The molecule has 0 amide bonds. The molecule has 5 nitrogen and oxygen atoms in total. The molecule has 0 saturated heterocycles. The summed E-state index contributed by atoms with van der Waals surface area (Å²) in [5.41, 5.74) is 3.73. The van der Waals surface area contributed by atoms with Gasteiger partial charge in [0.25, 0.3) is 5.89 Å². The lowest BCUT2D eigenvalue weighted by molar-refractivity contribution is 0.403. The Kier molecular flexibility index (Phi) is 4.57. The molecule has 7 heteroatoms. The summed E-state index contributed by atoms with van der Waals surface area (Å²) < 4.78 is 6.59. The monoisotopic (exact) mass is 426 g/mol. The summed E-state index contributed by atoms with van der Waals surface area (Å²) in [4.78, 5) is 4.61. The number of thiocarbonyl (C=S) groups is 1. The van der Waals surface area contributed by atoms with E-state index in [4.69, 9.17) is 16.7 Å². The van der Waals surface area contributed by atoms with Crippen molar-refractivity contribution in [3.63, 3.8) is 0 Å². The summed E-state index contributed by atoms with van der Waals surface area (Å²) >= 11 is 8.87. The first-order chi connectivity index (χ1) is 12.6. The van der Waals surface area contributed by atoms with E-state index in [1.165, 1.54) is 0 Å². The third-order valence-electron chi connectivity index (χ3n) is 4.14. The maximum atomic E-state index is 5.59. The summed E-state index contributed by atoms with van der Waals surface area (Å²) in [6, 6.07) is 17.6. The van der Waals surface area contributed by atoms with Gasteiger partial charge in [-0.15, -0.1) is 0 Å². The van der Waals surface area contributed by atoms with Gasteiger partial charge in [-0.2, -0.15) is 4.98 Å². The highest BCUT2D eigenvalue weighted by atomic mass is 79.9. The Morgan fingerprint density at radius 3 is 2.69 bits per heavy atom. The Morgan fingerprint density at radius 2 is 1.92 bits per heavy atom. The minimum Gasteiger partial charge on any atom is -0.351 e. The molecule has 0 bridgehead atoms. The van der Waals surface area contributed by atoms with Crippen LogP contribution >= 0.6 is 28.1 Å². The number of aromatic nitrogens is 2. The number of rotatable bonds is 3. The van der Waals surface area contributed by atoms with Gasteiger partial charge < -0.3 is 15.2 Å². The SMILES string of the molecule is CC1=C(c2nc(-c3ccccc3)no2)C(c2cccc(Br)c2)NC(=S)N1.